The number of ether oxygens (including phenoxy) is 1. The molecule has 0 aromatic heterocycles. The third-order valence-corrected chi connectivity index (χ3v) is 4.46. The Labute approximate surface area is 126 Å². The second-order valence-electron chi connectivity index (χ2n) is 5.87. The minimum atomic E-state index is -0.376. The second-order valence-corrected chi connectivity index (χ2v) is 5.87. The van der Waals surface area contributed by atoms with Crippen molar-refractivity contribution in [2.24, 2.45) is 5.92 Å². The lowest BCUT2D eigenvalue weighted by Gasteiger charge is -2.36. The van der Waals surface area contributed by atoms with Crippen molar-refractivity contribution in [1.29, 1.82) is 5.26 Å². The van der Waals surface area contributed by atoms with Gasteiger partial charge in [-0.05, 0) is 37.7 Å². The van der Waals surface area contributed by atoms with Crippen molar-refractivity contribution in [3.8, 4) is 6.07 Å². The van der Waals surface area contributed by atoms with Gasteiger partial charge in [0.1, 0.15) is 0 Å². The van der Waals surface area contributed by atoms with E-state index >= 15 is 0 Å². The fraction of sp³-hybridized carbons (Fsp3) is 0.556. The number of nitrogens with zero attached hydrogens (tertiary/aromatic N) is 1. The Morgan fingerprint density at radius 1 is 1.43 bits per heavy atom. The van der Waals surface area contributed by atoms with E-state index in [-0.39, 0.29) is 11.4 Å². The quantitative estimate of drug-likeness (QED) is 0.769. The van der Waals surface area contributed by atoms with Crippen LogP contribution in [0.2, 0.25) is 0 Å². The largest absolute Gasteiger partial charge is 0.466 e. The van der Waals surface area contributed by atoms with Crippen LogP contribution < -0.4 is 0 Å². The molecular weight excluding hydrogens is 262 g/mol. The summed E-state index contributed by atoms with van der Waals surface area (Å²) in [7, 11) is 0. The van der Waals surface area contributed by atoms with Crippen molar-refractivity contribution in [3.05, 3.63) is 35.9 Å². The average Bonchev–Trinajstić information content (AvgIpc) is 2.54. The van der Waals surface area contributed by atoms with Crippen LogP contribution in [-0.4, -0.2) is 12.6 Å². The Kier molecular flexibility index (Phi) is 5.38. The summed E-state index contributed by atoms with van der Waals surface area (Å²) in [5.41, 5.74) is 0.743. The first-order valence-corrected chi connectivity index (χ1v) is 7.82. The summed E-state index contributed by atoms with van der Waals surface area (Å²) in [6.45, 7) is 2.27. The number of hydrogen-bond donors (Lipinski definition) is 0. The third kappa shape index (κ3) is 3.85. The van der Waals surface area contributed by atoms with E-state index < -0.39 is 0 Å². The average molecular weight is 285 g/mol. The molecule has 2 unspecified atom stereocenters. The van der Waals surface area contributed by atoms with Gasteiger partial charge in [0.2, 0.25) is 0 Å². The number of rotatable bonds is 5. The monoisotopic (exact) mass is 285 g/mol. The summed E-state index contributed by atoms with van der Waals surface area (Å²) in [6, 6.07) is 12.6. The maximum absolute atomic E-state index is 11.5. The van der Waals surface area contributed by atoms with Gasteiger partial charge in [0.05, 0.1) is 18.1 Å². The van der Waals surface area contributed by atoms with Crippen molar-refractivity contribution in [3.63, 3.8) is 0 Å². The molecule has 21 heavy (non-hydrogen) atoms. The van der Waals surface area contributed by atoms with Gasteiger partial charge in [-0.25, -0.2) is 0 Å². The lowest BCUT2D eigenvalue weighted by atomic mass is 9.66. The molecule has 3 nitrogen and oxygen atoms in total. The summed E-state index contributed by atoms with van der Waals surface area (Å²) < 4.78 is 4.99. The van der Waals surface area contributed by atoms with Crippen LogP contribution in [0.3, 0.4) is 0 Å². The predicted molar refractivity (Wildman–Crippen MR) is 81.6 cm³/mol. The van der Waals surface area contributed by atoms with Crippen LogP contribution in [0.25, 0.3) is 0 Å². The van der Waals surface area contributed by atoms with E-state index in [0.29, 0.717) is 18.9 Å². The molecule has 0 amide bonds. The topological polar surface area (TPSA) is 50.1 Å². The van der Waals surface area contributed by atoms with Crippen LogP contribution >= 0.6 is 0 Å². The van der Waals surface area contributed by atoms with Gasteiger partial charge in [-0.2, -0.15) is 5.26 Å². The van der Waals surface area contributed by atoms with Crippen LogP contribution in [-0.2, 0) is 14.9 Å². The zero-order valence-electron chi connectivity index (χ0n) is 12.7. The maximum atomic E-state index is 11.5. The molecule has 0 saturated heterocycles. The minimum absolute atomic E-state index is 0.120. The van der Waals surface area contributed by atoms with Gasteiger partial charge in [-0.15, -0.1) is 0 Å². The van der Waals surface area contributed by atoms with E-state index in [0.717, 1.165) is 37.7 Å². The molecule has 3 heteroatoms. The molecule has 1 fully saturated rings. The van der Waals surface area contributed by atoms with E-state index in [9.17, 15) is 10.1 Å². The summed E-state index contributed by atoms with van der Waals surface area (Å²) in [6.07, 6.45) is 5.23. The van der Waals surface area contributed by atoms with Crippen LogP contribution in [0.15, 0.2) is 30.3 Å². The van der Waals surface area contributed by atoms with Crippen molar-refractivity contribution >= 4 is 5.97 Å². The number of benzene rings is 1. The van der Waals surface area contributed by atoms with E-state index in [1.807, 2.05) is 25.1 Å². The van der Waals surface area contributed by atoms with Gasteiger partial charge in [0, 0.05) is 6.42 Å². The molecule has 0 aliphatic heterocycles. The van der Waals surface area contributed by atoms with Crippen LogP contribution in [0.4, 0.5) is 0 Å². The Morgan fingerprint density at radius 3 is 2.86 bits per heavy atom. The summed E-state index contributed by atoms with van der Waals surface area (Å²) in [4.78, 5) is 11.5. The molecule has 2 atom stereocenters. The van der Waals surface area contributed by atoms with Gasteiger partial charge in [0.25, 0.3) is 0 Å². The third-order valence-electron chi connectivity index (χ3n) is 4.46. The minimum Gasteiger partial charge on any atom is -0.466 e. The highest BCUT2D eigenvalue weighted by Gasteiger charge is 2.38. The Balaban J connectivity index is 2.02. The van der Waals surface area contributed by atoms with E-state index in [4.69, 9.17) is 4.74 Å². The van der Waals surface area contributed by atoms with Gasteiger partial charge in [0.15, 0.2) is 0 Å². The van der Waals surface area contributed by atoms with Crippen molar-refractivity contribution < 1.29 is 9.53 Å². The zero-order chi connectivity index (χ0) is 15.1. The number of hydrogen-bond acceptors (Lipinski definition) is 3. The molecule has 0 N–H and O–H groups in total. The van der Waals surface area contributed by atoms with Gasteiger partial charge < -0.3 is 4.74 Å². The summed E-state index contributed by atoms with van der Waals surface area (Å²) in [5.74, 6) is 0.313. The highest BCUT2D eigenvalue weighted by Crippen LogP contribution is 2.43. The fourth-order valence-corrected chi connectivity index (χ4v) is 3.38. The molecular formula is C18H23NO2. The number of carbonyl (C=O) groups excluding carboxylic acids is 1. The van der Waals surface area contributed by atoms with Crippen LogP contribution in [0.5, 0.6) is 0 Å². The van der Waals surface area contributed by atoms with Gasteiger partial charge in [-0.3, -0.25) is 4.79 Å². The first-order valence-electron chi connectivity index (χ1n) is 7.82. The molecule has 1 aliphatic carbocycles. The highest BCUT2D eigenvalue weighted by atomic mass is 16.5. The molecule has 1 aliphatic rings. The van der Waals surface area contributed by atoms with Crippen molar-refractivity contribution in [2.75, 3.05) is 6.61 Å². The summed E-state index contributed by atoms with van der Waals surface area (Å²) in [5, 5.41) is 9.73. The molecule has 0 spiro atoms. The normalized spacial score (nSPS) is 25.0. The molecule has 0 radical (unpaired) electrons. The molecule has 1 aromatic carbocycles. The number of nitriles is 1. The van der Waals surface area contributed by atoms with Gasteiger partial charge >= 0.3 is 5.97 Å². The van der Waals surface area contributed by atoms with E-state index in [1.165, 1.54) is 0 Å². The maximum Gasteiger partial charge on any atom is 0.305 e. The lowest BCUT2D eigenvalue weighted by molar-refractivity contribution is -0.143. The smallest absolute Gasteiger partial charge is 0.305 e. The molecule has 0 bridgehead atoms. The number of carbonyl (C=O) groups is 1. The SMILES string of the molecule is CCOC(=O)CCC1CCCC(C#N)(c2ccccc2)C1. The number of esters is 1. The van der Waals surface area contributed by atoms with Crippen LogP contribution in [0, 0.1) is 17.2 Å². The first-order chi connectivity index (χ1) is 10.2. The highest BCUT2D eigenvalue weighted by molar-refractivity contribution is 5.69. The second kappa shape index (κ2) is 7.26. The molecule has 1 saturated carbocycles. The van der Waals surface area contributed by atoms with Crippen molar-refractivity contribution in [1.82, 2.24) is 0 Å². The Hall–Kier alpha value is -1.82. The molecule has 2 rings (SSSR count). The first kappa shape index (κ1) is 15.6. The summed E-state index contributed by atoms with van der Waals surface area (Å²) >= 11 is 0. The molecule has 112 valence electrons. The molecule has 1 aromatic rings. The van der Waals surface area contributed by atoms with E-state index in [2.05, 4.69) is 18.2 Å². The Bertz CT molecular complexity index is 506. The standard InChI is InChI=1S/C18H23NO2/c1-2-21-17(20)11-10-15-7-6-12-18(13-15,14-19)16-8-4-3-5-9-16/h3-5,8-9,15H,2,6-7,10-13H2,1H3. The Morgan fingerprint density at radius 2 is 2.19 bits per heavy atom. The zero-order valence-corrected chi connectivity index (χ0v) is 12.7. The predicted octanol–water partition coefficient (Wildman–Crippen LogP) is 3.98. The van der Waals surface area contributed by atoms with Gasteiger partial charge in [-0.1, -0.05) is 43.2 Å². The lowest BCUT2D eigenvalue weighted by Crippen LogP contribution is -2.31. The van der Waals surface area contributed by atoms with Crippen LogP contribution in [0.1, 0.15) is 51.0 Å². The van der Waals surface area contributed by atoms with Crippen molar-refractivity contribution in [2.45, 2.75) is 50.9 Å². The molecule has 0 heterocycles. The van der Waals surface area contributed by atoms with E-state index in [1.54, 1.807) is 0 Å². The fourth-order valence-electron chi connectivity index (χ4n) is 3.38.